The quantitative estimate of drug-likeness (QED) is 0.217. The van der Waals surface area contributed by atoms with Crippen molar-refractivity contribution < 1.29 is 107 Å². The van der Waals surface area contributed by atoms with Gasteiger partial charge in [0.15, 0.2) is 0 Å². The fraction of sp³-hybridized carbons (Fsp3) is 0. The number of nitro benzene ring substituents is 9. The van der Waals surface area contributed by atoms with Gasteiger partial charge >= 0.3 is 46.9 Å². The Hall–Kier alpha value is -6.82. The first-order valence-electron chi connectivity index (χ1n) is 10.9. The zero-order valence-electron chi connectivity index (χ0n) is 22.3. The third-order valence-electron chi connectivity index (χ3n) is 4.92. The number of nitrogens with zero attached hydrogens (tertiary/aromatic N) is 9. The summed E-state index contributed by atoms with van der Waals surface area (Å²) in [6.07, 6.45) is 0. The first-order chi connectivity index (χ1) is 22.0. The summed E-state index contributed by atoms with van der Waals surface area (Å²) in [5.41, 5.74) is -9.79. The largest absolute Gasteiger partial charge is 3.00 e. The van der Waals surface area contributed by atoms with Crippen molar-refractivity contribution in [1.29, 1.82) is 0 Å². The van der Waals surface area contributed by atoms with Gasteiger partial charge in [0.2, 0.25) is 0 Å². The van der Waals surface area contributed by atoms with Crippen LogP contribution in [0.5, 0.6) is 17.2 Å². The second kappa shape index (κ2) is 17.2. The molecule has 0 fully saturated rings. The Labute approximate surface area is 301 Å². The Morgan fingerprint density at radius 1 is 0.286 bits per heavy atom. The van der Waals surface area contributed by atoms with Gasteiger partial charge in [-0.1, -0.05) is 0 Å². The molecular formula is C18H6N9O21Yb. The summed E-state index contributed by atoms with van der Waals surface area (Å²) in [7, 11) is 0. The number of non-ortho nitro benzene ring substituents is 3. The minimum absolute atomic E-state index is 0. The van der Waals surface area contributed by atoms with E-state index >= 15 is 0 Å². The van der Waals surface area contributed by atoms with E-state index in [1.807, 2.05) is 0 Å². The number of benzene rings is 3. The molecule has 263 valence electrons. The molecule has 1 radical (unpaired) electrons. The van der Waals surface area contributed by atoms with Crippen molar-refractivity contribution in [2.75, 3.05) is 0 Å². The van der Waals surface area contributed by atoms with Crippen LogP contribution in [0.3, 0.4) is 0 Å². The minimum Gasteiger partial charge on any atom is -0.863 e. The summed E-state index contributed by atoms with van der Waals surface area (Å²) in [6, 6.07) is 2.31. The van der Waals surface area contributed by atoms with E-state index in [0.29, 0.717) is 36.4 Å². The molecule has 0 unspecified atom stereocenters. The summed E-state index contributed by atoms with van der Waals surface area (Å²) in [6.45, 7) is 0. The molecule has 3 aromatic carbocycles. The average Bonchev–Trinajstić information content (AvgIpc) is 2.96. The Kier molecular flexibility index (Phi) is 14.8. The Bertz CT molecular complexity index is 1610. The summed E-state index contributed by atoms with van der Waals surface area (Å²) in [4.78, 5) is 82.5. The maximum Gasteiger partial charge on any atom is 3.00 e. The standard InChI is InChI=1S/3C6H3N3O7.Yb/c3*10-6-4(8(13)14)1-3(7(11)12)2-5(6)9(15)16;/h3*1-2,10H;/q;;;+3/p-3. The zero-order chi connectivity index (χ0) is 37.4. The SMILES string of the molecule is O=[N+]([O-])c1cc([N+](=O)[O-])c([O-])c([N+](=O)[O-])c1.O=[N+]([O-])c1cc([N+](=O)[O-])c([O-])c([N+](=O)[O-])c1.O=[N+]([O-])c1cc([N+](=O)[O-])c([O-])c([N+](=O)[O-])c1.[Yb+3]. The normalized spacial score (nSPS) is 9.55. The van der Waals surface area contributed by atoms with Gasteiger partial charge in [-0.05, 0) is 0 Å². The van der Waals surface area contributed by atoms with Crippen molar-refractivity contribution in [2.24, 2.45) is 0 Å². The van der Waals surface area contributed by atoms with Crippen LogP contribution in [0.25, 0.3) is 0 Å². The molecule has 0 heterocycles. The van der Waals surface area contributed by atoms with Gasteiger partial charge in [-0.3, -0.25) is 91.0 Å². The number of rotatable bonds is 9. The van der Waals surface area contributed by atoms with Crippen molar-refractivity contribution in [3.8, 4) is 17.2 Å². The third-order valence-corrected chi connectivity index (χ3v) is 4.92. The number of hydrogen-bond acceptors (Lipinski definition) is 21. The smallest absolute Gasteiger partial charge is 0.863 e. The van der Waals surface area contributed by atoms with Crippen molar-refractivity contribution in [1.82, 2.24) is 0 Å². The van der Waals surface area contributed by atoms with Crippen molar-refractivity contribution >= 4 is 51.2 Å². The predicted molar refractivity (Wildman–Crippen MR) is 138 cm³/mol. The van der Waals surface area contributed by atoms with Crippen molar-refractivity contribution in [3.05, 3.63) is 127 Å². The van der Waals surface area contributed by atoms with Gasteiger partial charge in [0, 0.05) is 0 Å². The molecule has 3 aromatic rings. The van der Waals surface area contributed by atoms with Crippen molar-refractivity contribution in [3.63, 3.8) is 0 Å². The zero-order valence-corrected chi connectivity index (χ0v) is 24.0. The monoisotopic (exact) mass is 858 g/mol. The van der Waals surface area contributed by atoms with Crippen molar-refractivity contribution in [2.45, 2.75) is 0 Å². The Morgan fingerprint density at radius 2 is 0.408 bits per heavy atom. The van der Waals surface area contributed by atoms with Crippen LogP contribution in [0.2, 0.25) is 0 Å². The van der Waals surface area contributed by atoms with Gasteiger partial charge < -0.3 is 15.3 Å². The Balaban J connectivity index is 0.000000698. The molecule has 3 rings (SSSR count). The van der Waals surface area contributed by atoms with E-state index in [9.17, 15) is 106 Å². The van der Waals surface area contributed by atoms with Crippen LogP contribution < -0.4 is 15.3 Å². The predicted octanol–water partition coefficient (Wildman–Crippen LogP) is 1.45. The first kappa shape index (κ1) is 42.2. The molecule has 0 bridgehead atoms. The molecular weight excluding hydrogens is 851 g/mol. The van der Waals surface area contributed by atoms with Gasteiger partial charge in [-0.2, -0.15) is 0 Å². The number of hydrogen-bond donors (Lipinski definition) is 0. The summed E-state index contributed by atoms with van der Waals surface area (Å²) < 4.78 is 0. The summed E-state index contributed by atoms with van der Waals surface area (Å²) >= 11 is 0. The molecule has 0 N–H and O–H groups in total. The molecule has 49 heavy (non-hydrogen) atoms. The Morgan fingerprint density at radius 3 is 0.490 bits per heavy atom. The van der Waals surface area contributed by atoms with E-state index in [1.165, 1.54) is 0 Å². The topological polar surface area (TPSA) is 457 Å². The van der Waals surface area contributed by atoms with Gasteiger partial charge in [0.05, 0.1) is 98.0 Å². The van der Waals surface area contributed by atoms with E-state index in [2.05, 4.69) is 0 Å². The maximum absolute atomic E-state index is 11.1. The fourth-order valence-corrected chi connectivity index (χ4v) is 2.88. The summed E-state index contributed by atoms with van der Waals surface area (Å²) in [5, 5.41) is 126. The van der Waals surface area contributed by atoms with E-state index < -0.39 is 113 Å². The van der Waals surface area contributed by atoms with E-state index in [-0.39, 0.29) is 46.9 Å². The molecule has 0 saturated carbocycles. The number of nitro groups is 9. The molecule has 0 aliphatic rings. The first-order valence-corrected chi connectivity index (χ1v) is 10.9. The van der Waals surface area contributed by atoms with Gasteiger partial charge in [0.25, 0.3) is 51.2 Å². The van der Waals surface area contributed by atoms with E-state index in [0.717, 1.165) is 0 Å². The molecule has 0 saturated heterocycles. The summed E-state index contributed by atoms with van der Waals surface area (Å²) in [5.74, 6) is -4.37. The molecule has 31 heteroatoms. The van der Waals surface area contributed by atoms with E-state index in [1.54, 1.807) is 0 Å². The molecule has 0 aliphatic carbocycles. The molecule has 0 spiro atoms. The van der Waals surface area contributed by atoms with Gasteiger partial charge in [0.1, 0.15) is 0 Å². The van der Waals surface area contributed by atoms with Crippen LogP contribution in [0.4, 0.5) is 51.2 Å². The third kappa shape index (κ3) is 10.6. The second-order valence-electron chi connectivity index (χ2n) is 7.75. The molecule has 30 nitrogen and oxygen atoms in total. The minimum atomic E-state index is -1.46. The maximum atomic E-state index is 11.1. The van der Waals surface area contributed by atoms with Crippen LogP contribution >= 0.6 is 0 Å². The average molecular weight is 857 g/mol. The molecule has 0 atom stereocenters. The van der Waals surface area contributed by atoms with Crippen LogP contribution in [0.15, 0.2) is 36.4 Å². The second-order valence-corrected chi connectivity index (χ2v) is 7.75. The van der Waals surface area contributed by atoms with Gasteiger partial charge in [-0.25, -0.2) is 0 Å². The molecule has 0 aromatic heterocycles. The van der Waals surface area contributed by atoms with Crippen LogP contribution in [-0.4, -0.2) is 44.3 Å². The van der Waals surface area contributed by atoms with Crippen LogP contribution in [0, 0.1) is 138 Å². The molecule has 0 aliphatic heterocycles. The molecule has 0 amide bonds. The van der Waals surface area contributed by atoms with Gasteiger partial charge in [-0.15, -0.1) is 0 Å². The van der Waals surface area contributed by atoms with Crippen LogP contribution in [-0.2, 0) is 0 Å². The van der Waals surface area contributed by atoms with Crippen LogP contribution in [0.1, 0.15) is 0 Å². The van der Waals surface area contributed by atoms with E-state index in [4.69, 9.17) is 0 Å². The fourth-order valence-electron chi connectivity index (χ4n) is 2.88.